The number of aromatic nitrogens is 2. The summed E-state index contributed by atoms with van der Waals surface area (Å²) in [6, 6.07) is 0. The van der Waals surface area contributed by atoms with E-state index in [1.165, 1.54) is 0 Å². The molecule has 1 aromatic rings. The molecule has 16 heavy (non-hydrogen) atoms. The van der Waals surface area contributed by atoms with Gasteiger partial charge in [-0.1, -0.05) is 27.7 Å². The van der Waals surface area contributed by atoms with Gasteiger partial charge in [0, 0.05) is 5.69 Å². The number of nitrogens with one attached hydrogen (secondary N) is 1. The monoisotopic (exact) mass is 222 g/mol. The Morgan fingerprint density at radius 1 is 1.12 bits per heavy atom. The van der Waals surface area contributed by atoms with Gasteiger partial charge < -0.3 is 4.98 Å². The molecule has 3 nitrogen and oxygen atoms in total. The maximum Gasteiger partial charge on any atom is 0.269 e. The van der Waals surface area contributed by atoms with E-state index in [0.29, 0.717) is 17.5 Å². The fourth-order valence-electron chi connectivity index (χ4n) is 1.75. The molecule has 0 saturated carbocycles. The van der Waals surface area contributed by atoms with E-state index >= 15 is 0 Å². The second kappa shape index (κ2) is 5.28. The van der Waals surface area contributed by atoms with Crippen LogP contribution in [0.5, 0.6) is 0 Å². The lowest BCUT2D eigenvalue weighted by Crippen LogP contribution is -2.21. The highest BCUT2D eigenvalue weighted by molar-refractivity contribution is 5.13. The first-order valence-corrected chi connectivity index (χ1v) is 5.98. The van der Waals surface area contributed by atoms with Gasteiger partial charge in [0.05, 0.1) is 5.69 Å². The molecule has 0 atom stereocenters. The van der Waals surface area contributed by atoms with Crippen LogP contribution in [0.4, 0.5) is 0 Å². The van der Waals surface area contributed by atoms with E-state index in [4.69, 9.17) is 0 Å². The maximum absolute atomic E-state index is 11.8. The summed E-state index contributed by atoms with van der Waals surface area (Å²) in [5.74, 6) is 0.996. The van der Waals surface area contributed by atoms with Gasteiger partial charge in [-0.3, -0.25) is 9.78 Å². The predicted molar refractivity (Wildman–Crippen MR) is 66.7 cm³/mol. The minimum absolute atomic E-state index is 0.0186. The van der Waals surface area contributed by atoms with E-state index in [1.54, 1.807) is 0 Å². The van der Waals surface area contributed by atoms with Gasteiger partial charge in [0.15, 0.2) is 0 Å². The SMILES string of the molecule is Cc1nc(CC(C)C)c(=O)[nH]c1CC(C)C. The second-order valence-corrected chi connectivity index (χ2v) is 5.27. The smallest absolute Gasteiger partial charge is 0.269 e. The van der Waals surface area contributed by atoms with Crippen molar-refractivity contribution in [2.24, 2.45) is 11.8 Å². The quantitative estimate of drug-likeness (QED) is 0.850. The summed E-state index contributed by atoms with van der Waals surface area (Å²) in [5.41, 5.74) is 2.59. The van der Waals surface area contributed by atoms with Gasteiger partial charge in [0.1, 0.15) is 5.69 Å². The summed E-state index contributed by atoms with van der Waals surface area (Å²) in [7, 11) is 0. The van der Waals surface area contributed by atoms with Crippen LogP contribution in [0.15, 0.2) is 4.79 Å². The number of aromatic amines is 1. The Morgan fingerprint density at radius 3 is 2.19 bits per heavy atom. The van der Waals surface area contributed by atoms with Crippen molar-refractivity contribution in [2.45, 2.75) is 47.5 Å². The van der Waals surface area contributed by atoms with E-state index in [2.05, 4.69) is 37.7 Å². The van der Waals surface area contributed by atoms with E-state index in [9.17, 15) is 4.79 Å². The zero-order chi connectivity index (χ0) is 12.3. The van der Waals surface area contributed by atoms with E-state index in [1.807, 2.05) is 6.92 Å². The summed E-state index contributed by atoms with van der Waals surface area (Å²) < 4.78 is 0. The summed E-state index contributed by atoms with van der Waals surface area (Å²) in [5, 5.41) is 0. The van der Waals surface area contributed by atoms with E-state index in [-0.39, 0.29) is 5.56 Å². The molecule has 0 bridgehead atoms. The molecule has 90 valence electrons. The van der Waals surface area contributed by atoms with Crippen molar-refractivity contribution >= 4 is 0 Å². The van der Waals surface area contributed by atoms with Crippen molar-refractivity contribution in [3.63, 3.8) is 0 Å². The van der Waals surface area contributed by atoms with E-state index < -0.39 is 0 Å². The first-order chi connectivity index (χ1) is 7.40. The Morgan fingerprint density at radius 2 is 1.69 bits per heavy atom. The molecule has 0 fully saturated rings. The lowest BCUT2D eigenvalue weighted by molar-refractivity contribution is 0.607. The zero-order valence-electron chi connectivity index (χ0n) is 10.9. The molecule has 0 aliphatic carbocycles. The molecule has 1 rings (SSSR count). The minimum atomic E-state index is -0.0186. The van der Waals surface area contributed by atoms with Crippen molar-refractivity contribution < 1.29 is 0 Å². The highest BCUT2D eigenvalue weighted by atomic mass is 16.1. The molecular formula is C13H22N2O. The Kier molecular flexibility index (Phi) is 4.27. The predicted octanol–water partition coefficient (Wildman–Crippen LogP) is 2.48. The van der Waals surface area contributed by atoms with Gasteiger partial charge in [-0.05, 0) is 31.6 Å². The van der Waals surface area contributed by atoms with Crippen molar-refractivity contribution in [2.75, 3.05) is 0 Å². The largest absolute Gasteiger partial charge is 0.323 e. The minimum Gasteiger partial charge on any atom is -0.323 e. The Hall–Kier alpha value is -1.12. The van der Waals surface area contributed by atoms with Gasteiger partial charge in [-0.25, -0.2) is 0 Å². The number of aryl methyl sites for hydroxylation is 1. The normalized spacial score (nSPS) is 11.4. The van der Waals surface area contributed by atoms with Crippen LogP contribution < -0.4 is 5.56 Å². The lowest BCUT2D eigenvalue weighted by atomic mass is 10.1. The van der Waals surface area contributed by atoms with Gasteiger partial charge >= 0.3 is 0 Å². The van der Waals surface area contributed by atoms with Crippen LogP contribution >= 0.6 is 0 Å². The molecule has 0 radical (unpaired) electrons. The highest BCUT2D eigenvalue weighted by Gasteiger charge is 2.09. The fraction of sp³-hybridized carbons (Fsp3) is 0.692. The molecule has 0 aliphatic rings. The molecule has 0 aliphatic heterocycles. The topological polar surface area (TPSA) is 45.8 Å². The van der Waals surface area contributed by atoms with Crippen LogP contribution in [-0.4, -0.2) is 9.97 Å². The third kappa shape index (κ3) is 3.47. The molecular weight excluding hydrogens is 200 g/mol. The molecule has 3 heteroatoms. The number of hydrogen-bond acceptors (Lipinski definition) is 2. The molecule has 0 spiro atoms. The van der Waals surface area contributed by atoms with Crippen molar-refractivity contribution in [1.29, 1.82) is 0 Å². The molecule has 0 amide bonds. The number of H-pyrrole nitrogens is 1. The average Bonchev–Trinajstić information content (AvgIpc) is 2.11. The molecule has 1 N–H and O–H groups in total. The maximum atomic E-state index is 11.8. The van der Waals surface area contributed by atoms with Crippen LogP contribution in [0.25, 0.3) is 0 Å². The number of hydrogen-bond donors (Lipinski definition) is 1. The lowest BCUT2D eigenvalue weighted by Gasteiger charge is -2.10. The van der Waals surface area contributed by atoms with Gasteiger partial charge in [0.25, 0.3) is 5.56 Å². The summed E-state index contributed by atoms with van der Waals surface area (Å²) >= 11 is 0. The van der Waals surface area contributed by atoms with Crippen molar-refractivity contribution in [1.82, 2.24) is 9.97 Å². The first-order valence-electron chi connectivity index (χ1n) is 5.98. The van der Waals surface area contributed by atoms with Gasteiger partial charge in [-0.15, -0.1) is 0 Å². The summed E-state index contributed by atoms with van der Waals surface area (Å²) in [6.45, 7) is 10.4. The third-order valence-electron chi connectivity index (χ3n) is 2.48. The third-order valence-corrected chi connectivity index (χ3v) is 2.48. The highest BCUT2D eigenvalue weighted by Crippen LogP contribution is 2.08. The number of rotatable bonds is 4. The fourth-order valence-corrected chi connectivity index (χ4v) is 1.75. The molecule has 1 aromatic heterocycles. The standard InChI is InChI=1S/C13H22N2O/c1-8(2)6-11-10(5)14-12(7-9(3)4)13(16)15-11/h8-9H,6-7H2,1-5H3,(H,15,16). The van der Waals surface area contributed by atoms with Crippen molar-refractivity contribution in [3.8, 4) is 0 Å². The zero-order valence-corrected chi connectivity index (χ0v) is 10.9. The van der Waals surface area contributed by atoms with Gasteiger partial charge in [-0.2, -0.15) is 0 Å². The van der Waals surface area contributed by atoms with Gasteiger partial charge in [0.2, 0.25) is 0 Å². The summed E-state index contributed by atoms with van der Waals surface area (Å²) in [4.78, 5) is 19.2. The summed E-state index contributed by atoms with van der Waals surface area (Å²) in [6.07, 6.45) is 1.63. The average molecular weight is 222 g/mol. The van der Waals surface area contributed by atoms with Crippen LogP contribution in [0, 0.1) is 18.8 Å². The number of nitrogens with zero attached hydrogens (tertiary/aromatic N) is 1. The Labute approximate surface area is 97.3 Å². The molecule has 1 heterocycles. The second-order valence-electron chi connectivity index (χ2n) is 5.27. The van der Waals surface area contributed by atoms with Crippen LogP contribution in [0.3, 0.4) is 0 Å². The van der Waals surface area contributed by atoms with E-state index in [0.717, 1.165) is 24.2 Å². The van der Waals surface area contributed by atoms with Crippen LogP contribution in [-0.2, 0) is 12.8 Å². The Balaban J connectivity index is 3.02. The first kappa shape index (κ1) is 12.9. The molecule has 0 saturated heterocycles. The molecule has 0 unspecified atom stereocenters. The van der Waals surface area contributed by atoms with Crippen LogP contribution in [0.1, 0.15) is 44.8 Å². The van der Waals surface area contributed by atoms with Crippen molar-refractivity contribution in [3.05, 3.63) is 27.4 Å². The molecule has 0 aromatic carbocycles. The Bertz CT molecular complexity index is 405. The van der Waals surface area contributed by atoms with Crippen LogP contribution in [0.2, 0.25) is 0 Å².